The van der Waals surface area contributed by atoms with Crippen molar-refractivity contribution in [2.45, 2.75) is 0 Å². The van der Waals surface area contributed by atoms with Gasteiger partial charge in [-0.05, 0) is 12.1 Å². The Morgan fingerprint density at radius 2 is 1.94 bits per heavy atom. The van der Waals surface area contributed by atoms with Crippen LogP contribution in [0.15, 0.2) is 30.3 Å². The van der Waals surface area contributed by atoms with Crippen LogP contribution in [0.4, 0.5) is 5.82 Å². The molecule has 0 aliphatic rings. The molecule has 0 amide bonds. The monoisotopic (exact) mass is 219 g/mol. The van der Waals surface area contributed by atoms with Crippen molar-refractivity contribution in [3.05, 3.63) is 36.0 Å². The summed E-state index contributed by atoms with van der Waals surface area (Å²) in [6, 6.07) is 8.73. The van der Waals surface area contributed by atoms with Gasteiger partial charge in [-0.25, -0.2) is 9.48 Å². The third-order valence-corrected chi connectivity index (χ3v) is 2.10. The number of carboxylic acid groups (broad SMARTS) is 1. The summed E-state index contributed by atoms with van der Waals surface area (Å²) in [7, 11) is 0. The first kappa shape index (κ1) is 10.0. The molecule has 0 saturated heterocycles. The first-order valence-corrected chi connectivity index (χ1v) is 4.47. The predicted octanol–water partition coefficient (Wildman–Crippen LogP) is 0.858. The normalized spacial score (nSPS) is 10.2. The Bertz CT molecular complexity index is 534. The van der Waals surface area contributed by atoms with E-state index in [2.05, 4.69) is 5.10 Å². The van der Waals surface area contributed by atoms with E-state index in [9.17, 15) is 9.90 Å². The minimum atomic E-state index is -1.32. The highest BCUT2D eigenvalue weighted by Crippen LogP contribution is 2.26. The van der Waals surface area contributed by atoms with Gasteiger partial charge in [-0.3, -0.25) is 0 Å². The average Bonchev–Trinajstić information content (AvgIpc) is 2.58. The number of para-hydroxylation sites is 1. The minimum Gasteiger partial charge on any atom is -0.503 e. The number of carboxylic acids is 1. The molecular weight excluding hydrogens is 210 g/mol. The zero-order chi connectivity index (χ0) is 11.7. The molecule has 1 heterocycles. The standard InChI is InChI=1S/C10H9N3O3/c11-9-8(14)7(10(15)16)12-13(9)6-4-2-1-3-5-6/h1-5,14H,11H2,(H,15,16). The number of aromatic nitrogens is 2. The van der Waals surface area contributed by atoms with Gasteiger partial charge in [0.1, 0.15) is 0 Å². The first-order chi connectivity index (χ1) is 7.61. The quantitative estimate of drug-likeness (QED) is 0.695. The molecular formula is C10H9N3O3. The molecule has 1 aromatic carbocycles. The molecule has 4 N–H and O–H groups in total. The van der Waals surface area contributed by atoms with Crippen molar-refractivity contribution in [3.63, 3.8) is 0 Å². The topological polar surface area (TPSA) is 101 Å². The van der Waals surface area contributed by atoms with E-state index in [1.165, 1.54) is 4.68 Å². The lowest BCUT2D eigenvalue weighted by Gasteiger charge is -2.01. The van der Waals surface area contributed by atoms with Crippen LogP contribution in [-0.2, 0) is 0 Å². The van der Waals surface area contributed by atoms with Gasteiger partial charge in [-0.15, -0.1) is 0 Å². The highest BCUT2D eigenvalue weighted by Gasteiger charge is 2.20. The number of rotatable bonds is 2. The van der Waals surface area contributed by atoms with Gasteiger partial charge in [0.05, 0.1) is 5.69 Å². The van der Waals surface area contributed by atoms with Gasteiger partial charge < -0.3 is 15.9 Å². The second-order valence-electron chi connectivity index (χ2n) is 3.13. The lowest BCUT2D eigenvalue weighted by molar-refractivity contribution is 0.0687. The summed E-state index contributed by atoms with van der Waals surface area (Å²) in [6.07, 6.45) is 0. The van der Waals surface area contributed by atoms with Crippen molar-refractivity contribution < 1.29 is 15.0 Å². The van der Waals surface area contributed by atoms with Crippen LogP contribution in [0.5, 0.6) is 5.75 Å². The molecule has 6 heteroatoms. The van der Waals surface area contributed by atoms with E-state index in [0.717, 1.165) is 0 Å². The lowest BCUT2D eigenvalue weighted by Crippen LogP contribution is -2.03. The lowest BCUT2D eigenvalue weighted by atomic mass is 10.3. The Morgan fingerprint density at radius 3 is 2.44 bits per heavy atom. The fourth-order valence-corrected chi connectivity index (χ4v) is 1.33. The second-order valence-corrected chi connectivity index (χ2v) is 3.13. The van der Waals surface area contributed by atoms with Crippen LogP contribution in [0, 0.1) is 0 Å². The van der Waals surface area contributed by atoms with Crippen molar-refractivity contribution in [1.82, 2.24) is 9.78 Å². The second kappa shape index (κ2) is 3.58. The number of aromatic carboxylic acids is 1. The van der Waals surface area contributed by atoms with Crippen LogP contribution in [0.25, 0.3) is 5.69 Å². The molecule has 0 atom stereocenters. The minimum absolute atomic E-state index is 0.0939. The van der Waals surface area contributed by atoms with Crippen LogP contribution in [-0.4, -0.2) is 26.0 Å². The van der Waals surface area contributed by atoms with Crippen molar-refractivity contribution in [3.8, 4) is 11.4 Å². The molecule has 0 fully saturated rings. The van der Waals surface area contributed by atoms with E-state index >= 15 is 0 Å². The molecule has 0 radical (unpaired) electrons. The van der Waals surface area contributed by atoms with Gasteiger partial charge in [0.25, 0.3) is 0 Å². The van der Waals surface area contributed by atoms with Crippen molar-refractivity contribution in [2.24, 2.45) is 0 Å². The zero-order valence-electron chi connectivity index (χ0n) is 8.16. The molecule has 0 bridgehead atoms. The third kappa shape index (κ3) is 1.46. The van der Waals surface area contributed by atoms with E-state index in [-0.39, 0.29) is 5.82 Å². The highest BCUT2D eigenvalue weighted by molar-refractivity contribution is 5.90. The molecule has 1 aromatic heterocycles. The smallest absolute Gasteiger partial charge is 0.360 e. The maximum Gasteiger partial charge on any atom is 0.360 e. The Kier molecular flexibility index (Phi) is 2.24. The van der Waals surface area contributed by atoms with Crippen LogP contribution in [0.3, 0.4) is 0 Å². The molecule has 0 spiro atoms. The summed E-state index contributed by atoms with van der Waals surface area (Å²) in [5, 5.41) is 21.9. The van der Waals surface area contributed by atoms with Gasteiger partial charge in [0.15, 0.2) is 11.6 Å². The molecule has 0 aliphatic carbocycles. The zero-order valence-corrected chi connectivity index (χ0v) is 8.16. The Hall–Kier alpha value is -2.50. The largest absolute Gasteiger partial charge is 0.503 e. The summed E-state index contributed by atoms with van der Waals surface area (Å²) in [5.74, 6) is -1.93. The van der Waals surface area contributed by atoms with Crippen LogP contribution in [0.1, 0.15) is 10.5 Å². The first-order valence-electron chi connectivity index (χ1n) is 4.47. The fourth-order valence-electron chi connectivity index (χ4n) is 1.33. The van der Waals surface area contributed by atoms with Gasteiger partial charge in [-0.2, -0.15) is 5.10 Å². The highest BCUT2D eigenvalue weighted by atomic mass is 16.4. The van der Waals surface area contributed by atoms with Crippen molar-refractivity contribution >= 4 is 11.8 Å². The Labute approximate surface area is 90.6 Å². The van der Waals surface area contributed by atoms with E-state index in [1.807, 2.05) is 0 Å². The van der Waals surface area contributed by atoms with Crippen molar-refractivity contribution in [1.29, 1.82) is 0 Å². The average molecular weight is 219 g/mol. The molecule has 2 rings (SSSR count). The summed E-state index contributed by atoms with van der Waals surface area (Å²) < 4.78 is 1.18. The molecule has 16 heavy (non-hydrogen) atoms. The summed E-state index contributed by atoms with van der Waals surface area (Å²) in [4.78, 5) is 10.7. The summed E-state index contributed by atoms with van der Waals surface area (Å²) >= 11 is 0. The number of nitrogens with two attached hydrogens (primary N) is 1. The summed E-state index contributed by atoms with van der Waals surface area (Å²) in [6.45, 7) is 0. The van der Waals surface area contributed by atoms with Crippen LogP contribution < -0.4 is 5.73 Å². The van der Waals surface area contributed by atoms with Gasteiger partial charge in [0.2, 0.25) is 5.69 Å². The SMILES string of the molecule is Nc1c(O)c(C(=O)O)nn1-c1ccccc1. The number of nitrogens with zero attached hydrogens (tertiary/aromatic N) is 2. The molecule has 0 aliphatic heterocycles. The van der Waals surface area contributed by atoms with E-state index in [0.29, 0.717) is 5.69 Å². The van der Waals surface area contributed by atoms with Crippen LogP contribution in [0.2, 0.25) is 0 Å². The third-order valence-electron chi connectivity index (χ3n) is 2.10. The van der Waals surface area contributed by atoms with Crippen LogP contribution >= 0.6 is 0 Å². The Morgan fingerprint density at radius 1 is 1.31 bits per heavy atom. The van der Waals surface area contributed by atoms with Gasteiger partial charge >= 0.3 is 5.97 Å². The molecule has 6 nitrogen and oxygen atoms in total. The predicted molar refractivity (Wildman–Crippen MR) is 56.6 cm³/mol. The summed E-state index contributed by atoms with van der Waals surface area (Å²) in [5.41, 5.74) is 5.69. The number of anilines is 1. The number of hydrogen-bond acceptors (Lipinski definition) is 4. The Balaban J connectivity index is 2.60. The van der Waals surface area contributed by atoms with E-state index in [1.54, 1.807) is 30.3 Å². The van der Waals surface area contributed by atoms with Gasteiger partial charge in [-0.1, -0.05) is 18.2 Å². The number of benzene rings is 1. The number of nitrogen functional groups attached to an aromatic ring is 1. The number of aromatic hydroxyl groups is 1. The van der Waals surface area contributed by atoms with Gasteiger partial charge in [0, 0.05) is 0 Å². The fraction of sp³-hybridized carbons (Fsp3) is 0. The molecule has 2 aromatic rings. The number of hydrogen-bond donors (Lipinski definition) is 3. The maximum atomic E-state index is 10.7. The molecule has 0 saturated carbocycles. The number of carbonyl (C=O) groups is 1. The van der Waals surface area contributed by atoms with E-state index in [4.69, 9.17) is 10.8 Å². The molecule has 82 valence electrons. The van der Waals surface area contributed by atoms with Crippen molar-refractivity contribution in [2.75, 3.05) is 5.73 Å². The van der Waals surface area contributed by atoms with E-state index < -0.39 is 17.4 Å². The molecule has 0 unspecified atom stereocenters. The maximum absolute atomic E-state index is 10.7.